The van der Waals surface area contributed by atoms with Crippen molar-refractivity contribution >= 4 is 5.91 Å². The number of amides is 1. The summed E-state index contributed by atoms with van der Waals surface area (Å²) in [4.78, 5) is 11.9. The van der Waals surface area contributed by atoms with E-state index >= 15 is 0 Å². The second-order valence-corrected chi connectivity index (χ2v) is 6.06. The van der Waals surface area contributed by atoms with E-state index in [2.05, 4.69) is 12.2 Å². The summed E-state index contributed by atoms with van der Waals surface area (Å²) in [5.41, 5.74) is 5.29. The summed E-state index contributed by atoms with van der Waals surface area (Å²) in [6.45, 7) is 4.19. The molecule has 3 atom stereocenters. The van der Waals surface area contributed by atoms with Gasteiger partial charge in [-0.3, -0.25) is 4.79 Å². The fourth-order valence-corrected chi connectivity index (χ4v) is 2.90. The number of aliphatic hydroxyl groups is 1. The van der Waals surface area contributed by atoms with Crippen LogP contribution in [0, 0.1) is 5.92 Å². The van der Waals surface area contributed by atoms with Gasteiger partial charge in [-0.15, -0.1) is 0 Å². The van der Waals surface area contributed by atoms with E-state index in [9.17, 15) is 9.90 Å². The van der Waals surface area contributed by atoms with Crippen LogP contribution < -0.4 is 11.1 Å². The van der Waals surface area contributed by atoms with Gasteiger partial charge < -0.3 is 16.2 Å². The van der Waals surface area contributed by atoms with Gasteiger partial charge in [-0.2, -0.15) is 0 Å². The molecule has 106 valence electrons. The Hall–Kier alpha value is -0.610. The smallest absolute Gasteiger partial charge is 0.220 e. The predicted octanol–water partition coefficient (Wildman–Crippen LogP) is 1.56. The minimum atomic E-state index is -0.372. The molecule has 0 aliphatic heterocycles. The molecule has 1 aliphatic carbocycles. The Balaban J connectivity index is 2.39. The highest BCUT2D eigenvalue weighted by Crippen LogP contribution is 2.32. The lowest BCUT2D eigenvalue weighted by Crippen LogP contribution is -2.53. The van der Waals surface area contributed by atoms with Crippen molar-refractivity contribution in [1.29, 1.82) is 0 Å². The van der Waals surface area contributed by atoms with Crippen LogP contribution in [0.5, 0.6) is 0 Å². The maximum absolute atomic E-state index is 11.9. The van der Waals surface area contributed by atoms with Crippen LogP contribution in [-0.4, -0.2) is 29.2 Å². The van der Waals surface area contributed by atoms with E-state index in [0.29, 0.717) is 12.3 Å². The van der Waals surface area contributed by atoms with Crippen LogP contribution in [0.4, 0.5) is 0 Å². The number of carbonyl (C=O) groups excluding carboxylic acids is 1. The molecule has 0 radical (unpaired) electrons. The van der Waals surface area contributed by atoms with Crippen molar-refractivity contribution in [2.45, 2.75) is 70.4 Å². The van der Waals surface area contributed by atoms with E-state index in [-0.39, 0.29) is 24.1 Å². The molecule has 0 saturated heterocycles. The van der Waals surface area contributed by atoms with Gasteiger partial charge in [0.2, 0.25) is 5.91 Å². The van der Waals surface area contributed by atoms with Gasteiger partial charge >= 0.3 is 0 Å². The Morgan fingerprint density at radius 1 is 1.61 bits per heavy atom. The van der Waals surface area contributed by atoms with Crippen LogP contribution in [-0.2, 0) is 4.79 Å². The van der Waals surface area contributed by atoms with Crippen LogP contribution in [0.1, 0.15) is 58.8 Å². The highest BCUT2D eigenvalue weighted by atomic mass is 16.3. The Labute approximate surface area is 110 Å². The molecule has 1 fully saturated rings. The molecule has 3 unspecified atom stereocenters. The Morgan fingerprint density at radius 2 is 2.33 bits per heavy atom. The Kier molecular flexibility index (Phi) is 6.09. The van der Waals surface area contributed by atoms with Gasteiger partial charge in [0.05, 0.1) is 12.1 Å². The van der Waals surface area contributed by atoms with Gasteiger partial charge in [0.25, 0.3) is 0 Å². The zero-order valence-corrected chi connectivity index (χ0v) is 11.7. The van der Waals surface area contributed by atoms with Gasteiger partial charge in [0.15, 0.2) is 0 Å². The van der Waals surface area contributed by atoms with Crippen molar-refractivity contribution in [3.63, 3.8) is 0 Å². The number of hydrogen-bond acceptors (Lipinski definition) is 3. The van der Waals surface area contributed by atoms with Crippen molar-refractivity contribution in [2.24, 2.45) is 11.7 Å². The molecule has 0 aromatic heterocycles. The SMILES string of the molecule is CC(N)CCCC(=O)NC1(CO)CCCC(C)C1. The summed E-state index contributed by atoms with van der Waals surface area (Å²) >= 11 is 0. The Morgan fingerprint density at radius 3 is 2.89 bits per heavy atom. The first kappa shape index (κ1) is 15.4. The molecule has 4 heteroatoms. The normalized spacial score (nSPS) is 29.9. The monoisotopic (exact) mass is 256 g/mol. The van der Waals surface area contributed by atoms with Crippen LogP contribution in [0.2, 0.25) is 0 Å². The van der Waals surface area contributed by atoms with E-state index in [1.165, 1.54) is 6.42 Å². The molecular weight excluding hydrogens is 228 g/mol. The first-order valence-electron chi connectivity index (χ1n) is 7.15. The lowest BCUT2D eigenvalue weighted by molar-refractivity contribution is -0.124. The molecule has 4 N–H and O–H groups in total. The average molecular weight is 256 g/mol. The fraction of sp³-hybridized carbons (Fsp3) is 0.929. The minimum absolute atomic E-state index is 0.0520. The van der Waals surface area contributed by atoms with E-state index in [0.717, 1.165) is 32.1 Å². The molecule has 0 heterocycles. The summed E-state index contributed by atoms with van der Waals surface area (Å²) < 4.78 is 0. The van der Waals surface area contributed by atoms with Crippen molar-refractivity contribution in [3.05, 3.63) is 0 Å². The highest BCUT2D eigenvalue weighted by Gasteiger charge is 2.35. The largest absolute Gasteiger partial charge is 0.394 e. The first-order valence-corrected chi connectivity index (χ1v) is 7.15. The van der Waals surface area contributed by atoms with E-state index in [1.807, 2.05) is 6.92 Å². The number of nitrogens with two attached hydrogens (primary N) is 1. The molecule has 0 aromatic rings. The second-order valence-electron chi connectivity index (χ2n) is 6.06. The fourth-order valence-electron chi connectivity index (χ4n) is 2.90. The van der Waals surface area contributed by atoms with Gasteiger partial charge in [-0.05, 0) is 38.5 Å². The first-order chi connectivity index (χ1) is 8.47. The summed E-state index contributed by atoms with van der Waals surface area (Å²) in [6.07, 6.45) is 6.27. The highest BCUT2D eigenvalue weighted by molar-refractivity contribution is 5.76. The Bertz CT molecular complexity index is 269. The number of carbonyl (C=O) groups is 1. The van der Waals surface area contributed by atoms with E-state index in [1.54, 1.807) is 0 Å². The summed E-state index contributed by atoms with van der Waals surface area (Å²) in [7, 11) is 0. The van der Waals surface area contributed by atoms with Crippen LogP contribution in [0.3, 0.4) is 0 Å². The van der Waals surface area contributed by atoms with Gasteiger partial charge in [0.1, 0.15) is 0 Å². The molecule has 0 bridgehead atoms. The van der Waals surface area contributed by atoms with Crippen molar-refractivity contribution in [3.8, 4) is 0 Å². The van der Waals surface area contributed by atoms with E-state index < -0.39 is 0 Å². The summed E-state index contributed by atoms with van der Waals surface area (Å²) in [5.74, 6) is 0.633. The number of nitrogens with one attached hydrogen (secondary N) is 1. The molecular formula is C14H28N2O2. The maximum Gasteiger partial charge on any atom is 0.220 e. The number of hydrogen-bond donors (Lipinski definition) is 3. The van der Waals surface area contributed by atoms with E-state index in [4.69, 9.17) is 5.73 Å². The maximum atomic E-state index is 11.9. The molecule has 1 amide bonds. The molecule has 4 nitrogen and oxygen atoms in total. The van der Waals surface area contributed by atoms with Crippen LogP contribution in [0.25, 0.3) is 0 Å². The third-order valence-corrected chi connectivity index (χ3v) is 3.86. The quantitative estimate of drug-likeness (QED) is 0.675. The van der Waals surface area contributed by atoms with Gasteiger partial charge in [0, 0.05) is 12.5 Å². The third kappa shape index (κ3) is 4.94. The number of aliphatic hydroxyl groups excluding tert-OH is 1. The predicted molar refractivity (Wildman–Crippen MR) is 73.1 cm³/mol. The number of rotatable bonds is 6. The van der Waals surface area contributed by atoms with Gasteiger partial charge in [-0.1, -0.05) is 19.8 Å². The molecule has 1 saturated carbocycles. The molecule has 0 aromatic carbocycles. The topological polar surface area (TPSA) is 75.4 Å². The molecule has 1 aliphatic rings. The lowest BCUT2D eigenvalue weighted by Gasteiger charge is -2.39. The van der Waals surface area contributed by atoms with Crippen molar-refractivity contribution < 1.29 is 9.90 Å². The zero-order chi connectivity index (χ0) is 13.6. The summed E-state index contributed by atoms with van der Waals surface area (Å²) in [5, 5.41) is 12.6. The zero-order valence-electron chi connectivity index (χ0n) is 11.7. The standard InChI is InChI=1S/C14H28N2O2/c1-11-5-4-8-14(9-11,10-17)16-13(18)7-3-6-12(2)15/h11-12,17H,3-10,15H2,1-2H3,(H,16,18). The minimum Gasteiger partial charge on any atom is -0.394 e. The van der Waals surface area contributed by atoms with Crippen LogP contribution in [0.15, 0.2) is 0 Å². The lowest BCUT2D eigenvalue weighted by atomic mass is 9.76. The molecule has 18 heavy (non-hydrogen) atoms. The summed E-state index contributed by atoms with van der Waals surface area (Å²) in [6, 6.07) is 0.152. The van der Waals surface area contributed by atoms with Crippen molar-refractivity contribution in [2.75, 3.05) is 6.61 Å². The van der Waals surface area contributed by atoms with Gasteiger partial charge in [-0.25, -0.2) is 0 Å². The third-order valence-electron chi connectivity index (χ3n) is 3.86. The molecule has 1 rings (SSSR count). The van der Waals surface area contributed by atoms with Crippen molar-refractivity contribution in [1.82, 2.24) is 5.32 Å². The molecule has 0 spiro atoms. The average Bonchev–Trinajstić information content (AvgIpc) is 2.28. The second kappa shape index (κ2) is 7.10. The van der Waals surface area contributed by atoms with Crippen LogP contribution >= 0.6 is 0 Å².